The molecule has 2 unspecified atom stereocenters. The van der Waals surface area contributed by atoms with Crippen LogP contribution >= 0.6 is 11.8 Å². The van der Waals surface area contributed by atoms with Crippen molar-refractivity contribution in [3.8, 4) is 0 Å². The van der Waals surface area contributed by atoms with Crippen LogP contribution in [-0.2, 0) is 9.59 Å². The number of benzene rings is 2. The fourth-order valence-electron chi connectivity index (χ4n) is 2.38. The van der Waals surface area contributed by atoms with Crippen LogP contribution in [0.25, 0.3) is 0 Å². The molecule has 6 nitrogen and oxygen atoms in total. The first-order chi connectivity index (χ1) is 13.9. The van der Waals surface area contributed by atoms with Gasteiger partial charge in [0.15, 0.2) is 0 Å². The molecular formula is C22H26N4O2S. The molecule has 2 N–H and O–H groups in total. The van der Waals surface area contributed by atoms with Crippen LogP contribution in [0, 0.1) is 0 Å². The van der Waals surface area contributed by atoms with Crippen LogP contribution in [-0.4, -0.2) is 33.7 Å². The molecule has 0 bridgehead atoms. The van der Waals surface area contributed by atoms with Gasteiger partial charge >= 0.3 is 0 Å². The van der Waals surface area contributed by atoms with E-state index in [0.717, 1.165) is 11.1 Å². The highest BCUT2D eigenvalue weighted by atomic mass is 32.2. The summed E-state index contributed by atoms with van der Waals surface area (Å²) in [6.07, 6.45) is 0. The molecule has 2 atom stereocenters. The first-order valence-electron chi connectivity index (χ1n) is 9.33. The molecule has 0 aromatic heterocycles. The van der Waals surface area contributed by atoms with Crippen molar-refractivity contribution in [2.45, 2.75) is 38.2 Å². The number of hydrazone groups is 2. The van der Waals surface area contributed by atoms with E-state index in [0.29, 0.717) is 11.4 Å². The average Bonchev–Trinajstić information content (AvgIpc) is 2.76. The van der Waals surface area contributed by atoms with E-state index in [2.05, 4.69) is 21.1 Å². The highest BCUT2D eigenvalue weighted by molar-refractivity contribution is 8.01. The van der Waals surface area contributed by atoms with Gasteiger partial charge in [-0.05, 0) is 38.8 Å². The standard InChI is InChI=1S/C22H26N4O2S/c1-15(19-11-7-5-8-12-19)23-25-21(27)17(3)29-18(4)22(28)26-24-16(2)20-13-9-6-10-14-20/h5-14,17-18H,1-4H3,(H,25,27)(H,26,28)/b23-15+,24-16+. The highest BCUT2D eigenvalue weighted by Crippen LogP contribution is 2.18. The van der Waals surface area contributed by atoms with Crippen molar-refractivity contribution < 1.29 is 9.59 Å². The SMILES string of the molecule is C/C(=N\NC(=O)C(C)SC(C)C(=O)N/N=C(\C)c1ccccc1)c1ccccc1. The number of hydrogen-bond acceptors (Lipinski definition) is 5. The van der Waals surface area contributed by atoms with Gasteiger partial charge in [-0.2, -0.15) is 10.2 Å². The van der Waals surface area contributed by atoms with E-state index >= 15 is 0 Å². The molecule has 0 radical (unpaired) electrons. The van der Waals surface area contributed by atoms with Crippen molar-refractivity contribution in [2.75, 3.05) is 0 Å². The van der Waals surface area contributed by atoms with Crippen molar-refractivity contribution in [1.82, 2.24) is 10.9 Å². The van der Waals surface area contributed by atoms with Gasteiger partial charge in [0.05, 0.1) is 21.9 Å². The summed E-state index contributed by atoms with van der Waals surface area (Å²) in [5.74, 6) is -0.511. The van der Waals surface area contributed by atoms with Gasteiger partial charge in [0.25, 0.3) is 11.8 Å². The molecule has 29 heavy (non-hydrogen) atoms. The summed E-state index contributed by atoms with van der Waals surface area (Å²) in [5, 5.41) is 7.40. The number of thioether (sulfide) groups is 1. The van der Waals surface area contributed by atoms with Gasteiger partial charge in [-0.1, -0.05) is 60.7 Å². The van der Waals surface area contributed by atoms with E-state index in [4.69, 9.17) is 0 Å². The Morgan fingerprint density at radius 3 is 1.41 bits per heavy atom. The molecule has 0 heterocycles. The predicted molar refractivity (Wildman–Crippen MR) is 120 cm³/mol. The topological polar surface area (TPSA) is 82.9 Å². The van der Waals surface area contributed by atoms with Gasteiger partial charge in [-0.15, -0.1) is 11.8 Å². The number of hydrogen-bond donors (Lipinski definition) is 2. The van der Waals surface area contributed by atoms with Crippen LogP contribution < -0.4 is 10.9 Å². The maximum absolute atomic E-state index is 12.3. The second kappa shape index (κ2) is 11.2. The van der Waals surface area contributed by atoms with Crippen LogP contribution in [0.3, 0.4) is 0 Å². The number of rotatable bonds is 8. The van der Waals surface area contributed by atoms with Gasteiger partial charge in [0, 0.05) is 0 Å². The lowest BCUT2D eigenvalue weighted by Crippen LogP contribution is -2.33. The third-order valence-corrected chi connectivity index (χ3v) is 5.44. The summed E-state index contributed by atoms with van der Waals surface area (Å²) < 4.78 is 0. The molecule has 2 amide bonds. The number of carbonyl (C=O) groups is 2. The minimum absolute atomic E-state index is 0.256. The molecule has 0 fully saturated rings. The van der Waals surface area contributed by atoms with Crippen LogP contribution in [0.4, 0.5) is 0 Å². The van der Waals surface area contributed by atoms with Crippen molar-refractivity contribution in [3.05, 3.63) is 71.8 Å². The molecule has 0 aliphatic carbocycles. The van der Waals surface area contributed by atoms with Gasteiger partial charge in [0.2, 0.25) is 0 Å². The zero-order chi connectivity index (χ0) is 21.2. The molecule has 2 aromatic rings. The third kappa shape index (κ3) is 7.19. The quantitative estimate of drug-likeness (QED) is 0.515. The Labute approximate surface area is 175 Å². The fraction of sp³-hybridized carbons (Fsp3) is 0.273. The Morgan fingerprint density at radius 2 is 1.07 bits per heavy atom. The fourth-order valence-corrected chi connectivity index (χ4v) is 3.34. The monoisotopic (exact) mass is 410 g/mol. The summed E-state index contributed by atoms with van der Waals surface area (Å²) in [4.78, 5) is 24.6. The number of nitrogens with one attached hydrogen (secondary N) is 2. The van der Waals surface area contributed by atoms with E-state index in [9.17, 15) is 9.59 Å². The zero-order valence-corrected chi connectivity index (χ0v) is 17.9. The average molecular weight is 411 g/mol. The Morgan fingerprint density at radius 1 is 0.724 bits per heavy atom. The smallest absolute Gasteiger partial charge is 0.252 e. The molecule has 152 valence electrons. The maximum Gasteiger partial charge on any atom is 0.252 e. The minimum atomic E-state index is -0.442. The normalized spacial score (nSPS) is 14.1. The molecule has 0 saturated heterocycles. The Kier molecular flexibility index (Phi) is 8.61. The molecule has 2 aromatic carbocycles. The number of amides is 2. The summed E-state index contributed by atoms with van der Waals surface area (Å²) in [6.45, 7) is 7.15. The Hall–Kier alpha value is -2.93. The van der Waals surface area contributed by atoms with E-state index in [1.165, 1.54) is 11.8 Å². The van der Waals surface area contributed by atoms with Gasteiger partial charge < -0.3 is 0 Å². The number of nitrogens with zero attached hydrogens (tertiary/aromatic N) is 2. The Bertz CT molecular complexity index is 809. The molecule has 2 rings (SSSR count). The van der Waals surface area contributed by atoms with Gasteiger partial charge in [0.1, 0.15) is 0 Å². The Balaban J connectivity index is 1.84. The summed E-state index contributed by atoms with van der Waals surface area (Å²) >= 11 is 1.25. The van der Waals surface area contributed by atoms with Crippen molar-refractivity contribution >= 4 is 35.0 Å². The van der Waals surface area contributed by atoms with Crippen molar-refractivity contribution in [2.24, 2.45) is 10.2 Å². The zero-order valence-electron chi connectivity index (χ0n) is 17.0. The largest absolute Gasteiger partial charge is 0.272 e. The summed E-state index contributed by atoms with van der Waals surface area (Å²) in [7, 11) is 0. The highest BCUT2D eigenvalue weighted by Gasteiger charge is 2.21. The third-order valence-electron chi connectivity index (χ3n) is 4.20. The maximum atomic E-state index is 12.3. The first-order valence-corrected chi connectivity index (χ1v) is 10.3. The molecule has 0 saturated carbocycles. The molecule has 0 aliphatic heterocycles. The van der Waals surface area contributed by atoms with E-state index in [-0.39, 0.29) is 11.8 Å². The lowest BCUT2D eigenvalue weighted by Gasteiger charge is -2.15. The molecule has 7 heteroatoms. The summed E-state index contributed by atoms with van der Waals surface area (Å²) in [6, 6.07) is 19.2. The molecule has 0 spiro atoms. The summed E-state index contributed by atoms with van der Waals surface area (Å²) in [5.41, 5.74) is 8.44. The minimum Gasteiger partial charge on any atom is -0.272 e. The first kappa shape index (κ1) is 22.4. The van der Waals surface area contributed by atoms with Crippen LogP contribution in [0.5, 0.6) is 0 Å². The molecule has 0 aliphatic rings. The van der Waals surface area contributed by atoms with E-state index < -0.39 is 10.5 Å². The molecular weight excluding hydrogens is 384 g/mol. The second-order valence-electron chi connectivity index (χ2n) is 6.50. The van der Waals surface area contributed by atoms with Crippen LogP contribution in [0.2, 0.25) is 0 Å². The van der Waals surface area contributed by atoms with Crippen LogP contribution in [0.1, 0.15) is 38.8 Å². The second-order valence-corrected chi connectivity index (χ2v) is 8.19. The lowest BCUT2D eigenvalue weighted by molar-refractivity contribution is -0.120. The number of carbonyl (C=O) groups excluding carboxylic acids is 2. The van der Waals surface area contributed by atoms with E-state index in [1.54, 1.807) is 13.8 Å². The van der Waals surface area contributed by atoms with Crippen molar-refractivity contribution in [3.63, 3.8) is 0 Å². The van der Waals surface area contributed by atoms with E-state index in [1.807, 2.05) is 74.5 Å². The predicted octanol–water partition coefficient (Wildman–Crippen LogP) is 3.58. The van der Waals surface area contributed by atoms with Crippen LogP contribution in [0.15, 0.2) is 70.9 Å². The van der Waals surface area contributed by atoms with Gasteiger partial charge in [-0.25, -0.2) is 10.9 Å². The van der Waals surface area contributed by atoms with Gasteiger partial charge in [-0.3, -0.25) is 9.59 Å². The van der Waals surface area contributed by atoms with Crippen molar-refractivity contribution in [1.29, 1.82) is 0 Å². The lowest BCUT2D eigenvalue weighted by atomic mass is 10.1.